The molecule has 2 nitrogen and oxygen atoms in total. The highest BCUT2D eigenvalue weighted by Crippen LogP contribution is 2.20. The molecule has 82 valence electrons. The molecule has 0 heterocycles. The lowest BCUT2D eigenvalue weighted by Gasteiger charge is -2.24. The molecule has 1 aromatic rings. The predicted octanol–water partition coefficient (Wildman–Crippen LogP) is 2.21. The van der Waals surface area contributed by atoms with Gasteiger partial charge in [-0.3, -0.25) is 4.79 Å². The third-order valence-electron chi connectivity index (χ3n) is 2.35. The van der Waals surface area contributed by atoms with Crippen LogP contribution < -0.4 is 0 Å². The van der Waals surface area contributed by atoms with Gasteiger partial charge in [-0.15, -0.1) is 0 Å². The molecule has 0 amide bonds. The van der Waals surface area contributed by atoms with Crippen LogP contribution in [0.1, 0.15) is 26.3 Å². The van der Waals surface area contributed by atoms with E-state index in [9.17, 15) is 9.90 Å². The molecule has 0 radical (unpaired) electrons. The van der Waals surface area contributed by atoms with E-state index >= 15 is 0 Å². The van der Waals surface area contributed by atoms with E-state index in [0.717, 1.165) is 5.56 Å². The second kappa shape index (κ2) is 4.58. The number of aliphatic hydroxyl groups excluding tert-OH is 1. The molecule has 0 saturated carbocycles. The van der Waals surface area contributed by atoms with E-state index < -0.39 is 6.10 Å². The first-order chi connectivity index (χ1) is 6.91. The molecule has 0 saturated heterocycles. The highest BCUT2D eigenvalue weighted by atomic mass is 16.3. The van der Waals surface area contributed by atoms with E-state index in [2.05, 4.69) is 0 Å². The summed E-state index contributed by atoms with van der Waals surface area (Å²) in [6.45, 7) is 5.58. The quantitative estimate of drug-likeness (QED) is 0.823. The van der Waals surface area contributed by atoms with Gasteiger partial charge in [-0.25, -0.2) is 0 Å². The fourth-order valence-electron chi connectivity index (χ4n) is 1.38. The lowest BCUT2D eigenvalue weighted by Crippen LogP contribution is -2.35. The Kier molecular flexibility index (Phi) is 3.64. The molecule has 0 aromatic heterocycles. The van der Waals surface area contributed by atoms with Crippen LogP contribution in [0, 0.1) is 5.41 Å². The van der Waals surface area contributed by atoms with E-state index in [1.54, 1.807) is 0 Å². The van der Waals surface area contributed by atoms with Crippen molar-refractivity contribution in [1.82, 2.24) is 0 Å². The van der Waals surface area contributed by atoms with E-state index in [4.69, 9.17) is 0 Å². The zero-order valence-electron chi connectivity index (χ0n) is 9.53. The molecule has 0 aliphatic carbocycles. The van der Waals surface area contributed by atoms with Crippen LogP contribution in [0.15, 0.2) is 30.3 Å². The Hall–Kier alpha value is -1.15. The molecule has 0 fully saturated rings. The second-order valence-electron chi connectivity index (χ2n) is 4.90. The largest absolute Gasteiger partial charge is 0.385 e. The molecule has 1 atom stereocenters. The van der Waals surface area contributed by atoms with Crippen molar-refractivity contribution >= 4 is 5.78 Å². The van der Waals surface area contributed by atoms with Crippen LogP contribution in [0.5, 0.6) is 0 Å². The van der Waals surface area contributed by atoms with Crippen molar-refractivity contribution in [2.75, 3.05) is 0 Å². The number of ketones is 1. The average Bonchev–Trinajstić information content (AvgIpc) is 2.16. The Bertz CT molecular complexity index is 322. The van der Waals surface area contributed by atoms with Crippen LogP contribution >= 0.6 is 0 Å². The van der Waals surface area contributed by atoms with Gasteiger partial charge in [0, 0.05) is 6.42 Å². The summed E-state index contributed by atoms with van der Waals surface area (Å²) in [6, 6.07) is 9.49. The fraction of sp³-hybridized carbons (Fsp3) is 0.462. The van der Waals surface area contributed by atoms with Gasteiger partial charge in [0.25, 0.3) is 0 Å². The zero-order valence-corrected chi connectivity index (χ0v) is 9.53. The van der Waals surface area contributed by atoms with E-state index in [1.165, 1.54) is 0 Å². The molecule has 1 aromatic carbocycles. The molecule has 15 heavy (non-hydrogen) atoms. The summed E-state index contributed by atoms with van der Waals surface area (Å²) < 4.78 is 0. The molecule has 1 rings (SSSR count). The molecule has 0 bridgehead atoms. The summed E-state index contributed by atoms with van der Waals surface area (Å²) in [4.78, 5) is 11.7. The van der Waals surface area contributed by atoms with Gasteiger partial charge in [-0.2, -0.15) is 0 Å². The van der Waals surface area contributed by atoms with Crippen LogP contribution in [-0.4, -0.2) is 17.0 Å². The van der Waals surface area contributed by atoms with E-state index in [0.29, 0.717) is 6.42 Å². The number of carbonyl (C=O) groups excluding carboxylic acids is 1. The smallest absolute Gasteiger partial charge is 0.166 e. The van der Waals surface area contributed by atoms with Crippen molar-refractivity contribution in [3.8, 4) is 0 Å². The van der Waals surface area contributed by atoms with Gasteiger partial charge >= 0.3 is 0 Å². The normalized spacial score (nSPS) is 13.6. The van der Waals surface area contributed by atoms with Crippen LogP contribution in [-0.2, 0) is 11.2 Å². The third kappa shape index (κ3) is 3.48. The summed E-state index contributed by atoms with van der Waals surface area (Å²) in [5.41, 5.74) is 0.567. The summed E-state index contributed by atoms with van der Waals surface area (Å²) in [5, 5.41) is 9.77. The summed E-state index contributed by atoms with van der Waals surface area (Å²) in [7, 11) is 0. The van der Waals surface area contributed by atoms with Crippen molar-refractivity contribution in [3.63, 3.8) is 0 Å². The van der Waals surface area contributed by atoms with Crippen molar-refractivity contribution in [2.45, 2.75) is 33.3 Å². The molecule has 2 heteroatoms. The van der Waals surface area contributed by atoms with Crippen molar-refractivity contribution < 1.29 is 9.90 Å². The average molecular weight is 206 g/mol. The van der Waals surface area contributed by atoms with E-state index in [1.807, 2.05) is 51.1 Å². The minimum Gasteiger partial charge on any atom is -0.385 e. The van der Waals surface area contributed by atoms with Gasteiger partial charge in [0.1, 0.15) is 6.10 Å². The van der Waals surface area contributed by atoms with Crippen LogP contribution in [0.25, 0.3) is 0 Å². The Balaban J connectivity index is 2.65. The zero-order chi connectivity index (χ0) is 11.5. The molecular formula is C13H18O2. The number of aliphatic hydroxyl groups is 1. The number of carbonyl (C=O) groups is 1. The molecule has 1 N–H and O–H groups in total. The summed E-state index contributed by atoms with van der Waals surface area (Å²) in [6.07, 6.45) is -0.586. The number of hydrogen-bond acceptors (Lipinski definition) is 2. The number of rotatable bonds is 3. The standard InChI is InChI=1S/C13H18O2/c1-13(2,3)12(15)11(14)9-10-7-5-4-6-8-10/h4-8,12,15H,9H2,1-3H3. The van der Waals surface area contributed by atoms with Crippen LogP contribution in [0.4, 0.5) is 0 Å². The first-order valence-electron chi connectivity index (χ1n) is 5.16. The lowest BCUT2D eigenvalue weighted by atomic mass is 9.85. The van der Waals surface area contributed by atoms with Gasteiger partial charge < -0.3 is 5.11 Å². The topological polar surface area (TPSA) is 37.3 Å². The Labute approximate surface area is 90.9 Å². The number of Topliss-reactive ketones (excluding diaryl/α,β-unsaturated/α-hetero) is 1. The first-order valence-corrected chi connectivity index (χ1v) is 5.16. The van der Waals surface area contributed by atoms with Crippen molar-refractivity contribution in [3.05, 3.63) is 35.9 Å². The number of benzene rings is 1. The van der Waals surface area contributed by atoms with Gasteiger partial charge in [-0.1, -0.05) is 51.1 Å². The molecule has 0 aliphatic heterocycles. The maximum atomic E-state index is 11.7. The summed E-state index contributed by atoms with van der Waals surface area (Å²) in [5.74, 6) is -0.117. The van der Waals surface area contributed by atoms with Gasteiger partial charge in [-0.05, 0) is 11.0 Å². The lowest BCUT2D eigenvalue weighted by molar-refractivity contribution is -0.131. The third-order valence-corrected chi connectivity index (χ3v) is 2.35. The predicted molar refractivity (Wildman–Crippen MR) is 60.6 cm³/mol. The Morgan fingerprint density at radius 1 is 1.27 bits per heavy atom. The monoisotopic (exact) mass is 206 g/mol. The first kappa shape index (κ1) is 11.9. The van der Waals surface area contributed by atoms with Gasteiger partial charge in [0.05, 0.1) is 0 Å². The fourth-order valence-corrected chi connectivity index (χ4v) is 1.38. The molecule has 0 aliphatic rings. The Morgan fingerprint density at radius 3 is 2.27 bits per heavy atom. The van der Waals surface area contributed by atoms with Gasteiger partial charge in [0.15, 0.2) is 5.78 Å². The minimum atomic E-state index is -0.891. The van der Waals surface area contributed by atoms with Gasteiger partial charge in [0.2, 0.25) is 0 Å². The maximum absolute atomic E-state index is 11.7. The number of hydrogen-bond donors (Lipinski definition) is 1. The Morgan fingerprint density at radius 2 is 1.80 bits per heavy atom. The second-order valence-corrected chi connectivity index (χ2v) is 4.90. The van der Waals surface area contributed by atoms with Crippen molar-refractivity contribution in [1.29, 1.82) is 0 Å². The SMILES string of the molecule is CC(C)(C)C(O)C(=O)Cc1ccccc1. The molecule has 0 spiro atoms. The molecular weight excluding hydrogens is 188 g/mol. The maximum Gasteiger partial charge on any atom is 0.166 e. The molecule has 1 unspecified atom stereocenters. The highest BCUT2D eigenvalue weighted by Gasteiger charge is 2.28. The summed E-state index contributed by atoms with van der Waals surface area (Å²) >= 11 is 0. The van der Waals surface area contributed by atoms with Crippen molar-refractivity contribution in [2.24, 2.45) is 5.41 Å². The van der Waals surface area contributed by atoms with E-state index in [-0.39, 0.29) is 11.2 Å². The van der Waals surface area contributed by atoms with Crippen LogP contribution in [0.2, 0.25) is 0 Å². The highest BCUT2D eigenvalue weighted by molar-refractivity contribution is 5.85. The minimum absolute atomic E-state index is 0.117. The van der Waals surface area contributed by atoms with Crippen LogP contribution in [0.3, 0.4) is 0 Å².